The molecule has 2 aromatic carbocycles. The Balaban J connectivity index is 0.00000105. The fourth-order valence-corrected chi connectivity index (χ4v) is 5.32. The van der Waals surface area contributed by atoms with Crippen LogP contribution in [0.15, 0.2) is 60.7 Å². The summed E-state index contributed by atoms with van der Waals surface area (Å²) in [4.78, 5) is 5.39. The van der Waals surface area contributed by atoms with Crippen LogP contribution in [0.5, 0.6) is 0 Å². The molecule has 0 amide bonds. The van der Waals surface area contributed by atoms with Crippen molar-refractivity contribution in [1.82, 2.24) is 24.8 Å². The van der Waals surface area contributed by atoms with E-state index in [9.17, 15) is 0 Å². The van der Waals surface area contributed by atoms with Crippen molar-refractivity contribution in [3.63, 3.8) is 0 Å². The monoisotopic (exact) mass is 451 g/mol. The zero-order valence-corrected chi connectivity index (χ0v) is 19.0. The number of nitrogens with zero attached hydrogens (tertiary/aromatic N) is 5. The number of likely N-dealkylation sites (tertiary alicyclic amines) is 1. The van der Waals surface area contributed by atoms with E-state index in [2.05, 4.69) is 92.1 Å². The highest BCUT2D eigenvalue weighted by molar-refractivity contribution is 6.04. The van der Waals surface area contributed by atoms with Gasteiger partial charge in [-0.1, -0.05) is 65.9 Å². The van der Waals surface area contributed by atoms with Crippen LogP contribution in [0.3, 0.4) is 0 Å². The molecule has 1 N–H and O–H groups in total. The molecular weight excluding hydrogens is 422 g/mol. The van der Waals surface area contributed by atoms with Gasteiger partial charge in [0.25, 0.3) is 0 Å². The first-order valence-corrected chi connectivity index (χ1v) is 11.9. The molecule has 2 atom stereocenters. The van der Waals surface area contributed by atoms with E-state index in [1.165, 1.54) is 36.2 Å². The van der Waals surface area contributed by atoms with Crippen LogP contribution >= 0.6 is 11.9 Å². The van der Waals surface area contributed by atoms with Gasteiger partial charge in [0.1, 0.15) is 5.69 Å². The van der Waals surface area contributed by atoms with E-state index in [4.69, 9.17) is 9.87 Å². The topological polar surface area (TPSA) is 57.4 Å². The SMILES string of the molecule is OCl.c1ccc(CN2CC3C(C2)n2nnc(-c4ccccc4)c2CCN3CC2CC2)cc1. The van der Waals surface area contributed by atoms with E-state index in [0.29, 0.717) is 12.1 Å². The molecule has 0 radical (unpaired) electrons. The number of rotatable bonds is 5. The Bertz CT molecular complexity index is 1010. The summed E-state index contributed by atoms with van der Waals surface area (Å²) >= 11 is 3.64. The Kier molecular flexibility index (Phi) is 6.55. The van der Waals surface area contributed by atoms with Crippen LogP contribution in [0.1, 0.15) is 30.1 Å². The van der Waals surface area contributed by atoms with Crippen molar-refractivity contribution in [1.29, 1.82) is 0 Å². The molecule has 6 nitrogen and oxygen atoms in total. The zero-order valence-electron chi connectivity index (χ0n) is 18.2. The third-order valence-corrected chi connectivity index (χ3v) is 7.03. The second-order valence-corrected chi connectivity index (χ2v) is 9.20. The Morgan fingerprint density at radius 2 is 1.59 bits per heavy atom. The lowest BCUT2D eigenvalue weighted by Gasteiger charge is -2.30. The van der Waals surface area contributed by atoms with Gasteiger partial charge in [0.2, 0.25) is 0 Å². The Morgan fingerprint density at radius 1 is 0.906 bits per heavy atom. The van der Waals surface area contributed by atoms with Crippen LogP contribution < -0.4 is 0 Å². The number of halogens is 1. The van der Waals surface area contributed by atoms with E-state index in [-0.39, 0.29) is 0 Å². The summed E-state index contributed by atoms with van der Waals surface area (Å²) in [5.41, 5.74) is 4.97. The minimum Gasteiger partial charge on any atom is -0.296 e. The van der Waals surface area contributed by atoms with Gasteiger partial charge in [-0.3, -0.25) is 14.5 Å². The van der Waals surface area contributed by atoms with Gasteiger partial charge in [-0.15, -0.1) is 5.10 Å². The van der Waals surface area contributed by atoms with Gasteiger partial charge in [0.15, 0.2) is 0 Å². The number of hydrogen-bond donors (Lipinski definition) is 1. The maximum atomic E-state index is 6.47. The van der Waals surface area contributed by atoms with Crippen molar-refractivity contribution in [2.75, 3.05) is 26.2 Å². The van der Waals surface area contributed by atoms with E-state index < -0.39 is 0 Å². The molecule has 1 saturated carbocycles. The largest absolute Gasteiger partial charge is 0.296 e. The minimum absolute atomic E-state index is 0.384. The quantitative estimate of drug-likeness (QED) is 0.639. The average molecular weight is 452 g/mol. The highest BCUT2D eigenvalue weighted by atomic mass is 35.5. The van der Waals surface area contributed by atoms with Crippen LogP contribution in [-0.4, -0.2) is 61.7 Å². The van der Waals surface area contributed by atoms with Crippen molar-refractivity contribution in [3.8, 4) is 11.3 Å². The molecule has 168 valence electrons. The summed E-state index contributed by atoms with van der Waals surface area (Å²) in [5, 5.41) is 9.37. The molecular formula is C25H30ClN5O. The molecule has 32 heavy (non-hydrogen) atoms. The maximum Gasteiger partial charge on any atom is 0.116 e. The fourth-order valence-electron chi connectivity index (χ4n) is 5.32. The molecule has 2 unspecified atom stereocenters. The summed E-state index contributed by atoms with van der Waals surface area (Å²) in [7, 11) is 0. The first kappa shape index (κ1) is 21.6. The van der Waals surface area contributed by atoms with Gasteiger partial charge in [0.05, 0.1) is 23.6 Å². The van der Waals surface area contributed by atoms with Crippen LogP contribution in [0.25, 0.3) is 11.3 Å². The molecule has 6 rings (SSSR count). The molecule has 1 aliphatic carbocycles. The van der Waals surface area contributed by atoms with E-state index >= 15 is 0 Å². The smallest absolute Gasteiger partial charge is 0.116 e. The normalized spacial score (nSPS) is 23.1. The third-order valence-electron chi connectivity index (χ3n) is 7.03. The summed E-state index contributed by atoms with van der Waals surface area (Å²) in [5.74, 6) is 0.908. The molecule has 3 heterocycles. The molecule has 3 aromatic rings. The maximum absolute atomic E-state index is 6.47. The highest BCUT2D eigenvalue weighted by Gasteiger charge is 2.43. The lowest BCUT2D eigenvalue weighted by Crippen LogP contribution is -2.42. The van der Waals surface area contributed by atoms with Gasteiger partial charge in [-0.25, -0.2) is 4.68 Å². The van der Waals surface area contributed by atoms with Crippen molar-refractivity contribution >= 4 is 11.9 Å². The zero-order chi connectivity index (χ0) is 21.9. The second-order valence-electron chi connectivity index (χ2n) is 9.20. The van der Waals surface area contributed by atoms with Crippen molar-refractivity contribution < 1.29 is 4.66 Å². The van der Waals surface area contributed by atoms with Crippen molar-refractivity contribution in [3.05, 3.63) is 71.9 Å². The van der Waals surface area contributed by atoms with E-state index in [1.807, 2.05) is 0 Å². The third kappa shape index (κ3) is 4.46. The van der Waals surface area contributed by atoms with Crippen molar-refractivity contribution in [2.24, 2.45) is 5.92 Å². The van der Waals surface area contributed by atoms with Gasteiger partial charge < -0.3 is 0 Å². The average Bonchev–Trinajstić information content (AvgIpc) is 3.46. The molecule has 7 heteroatoms. The summed E-state index contributed by atoms with van der Waals surface area (Å²) in [6.45, 7) is 5.54. The Labute approximate surface area is 194 Å². The van der Waals surface area contributed by atoms with Gasteiger partial charge in [0, 0.05) is 50.7 Å². The van der Waals surface area contributed by atoms with Crippen LogP contribution in [0.4, 0.5) is 0 Å². The lowest BCUT2D eigenvalue weighted by molar-refractivity contribution is 0.169. The highest BCUT2D eigenvalue weighted by Crippen LogP contribution is 2.37. The number of aromatic nitrogens is 3. The van der Waals surface area contributed by atoms with Gasteiger partial charge in [-0.05, 0) is 24.3 Å². The first-order valence-electron chi connectivity index (χ1n) is 11.5. The summed E-state index contributed by atoms with van der Waals surface area (Å²) in [6, 6.07) is 22.4. The second kappa shape index (κ2) is 9.71. The molecule has 0 spiro atoms. The number of hydrogen-bond acceptors (Lipinski definition) is 5. The van der Waals surface area contributed by atoms with Crippen LogP contribution in [-0.2, 0) is 13.0 Å². The molecule has 1 aromatic heterocycles. The Hall–Kier alpha value is -2.25. The van der Waals surface area contributed by atoms with Gasteiger partial charge >= 0.3 is 0 Å². The predicted octanol–water partition coefficient (Wildman–Crippen LogP) is 3.77. The van der Waals surface area contributed by atoms with Crippen molar-refractivity contribution in [2.45, 2.75) is 37.9 Å². The molecule has 2 aliphatic heterocycles. The molecule has 0 bridgehead atoms. The minimum atomic E-state index is 0.384. The van der Waals surface area contributed by atoms with Crippen LogP contribution in [0.2, 0.25) is 0 Å². The lowest BCUT2D eigenvalue weighted by atomic mass is 10.1. The molecule has 2 fully saturated rings. The standard InChI is InChI=1S/C25H29N5.ClHO/c1-3-7-19(8-4-1)15-28-17-23-24(18-28)30-22(13-14-29(23)16-20-11-12-20)25(26-27-30)21-9-5-2-6-10-21;1-2/h1-10,20,23-24H,11-18H2;2H. The predicted molar refractivity (Wildman–Crippen MR) is 126 cm³/mol. The first-order chi connectivity index (χ1) is 15.8. The van der Waals surface area contributed by atoms with E-state index in [1.54, 1.807) is 0 Å². The van der Waals surface area contributed by atoms with Gasteiger partial charge in [-0.2, -0.15) is 0 Å². The van der Waals surface area contributed by atoms with Crippen LogP contribution in [0, 0.1) is 5.92 Å². The molecule has 1 saturated heterocycles. The Morgan fingerprint density at radius 3 is 2.31 bits per heavy atom. The van der Waals surface area contributed by atoms with E-state index in [0.717, 1.165) is 44.2 Å². The number of fused-ring (bicyclic) bond motifs is 3. The summed E-state index contributed by atoms with van der Waals surface area (Å²) in [6.07, 6.45) is 3.85. The molecule has 3 aliphatic rings. The summed E-state index contributed by atoms with van der Waals surface area (Å²) < 4.78 is 8.75. The number of benzene rings is 2. The fraction of sp³-hybridized carbons (Fsp3) is 0.440.